The number of hydrogen-bond acceptors (Lipinski definition) is 3. The minimum absolute atomic E-state index is 0.126. The van der Waals surface area contributed by atoms with Gasteiger partial charge < -0.3 is 10.0 Å². The summed E-state index contributed by atoms with van der Waals surface area (Å²) in [6.07, 6.45) is 0.191. The van der Waals surface area contributed by atoms with Crippen LogP contribution in [0.3, 0.4) is 0 Å². The van der Waals surface area contributed by atoms with E-state index >= 15 is 0 Å². The third-order valence-corrected chi connectivity index (χ3v) is 3.25. The molecule has 2 unspecified atom stereocenters. The van der Waals surface area contributed by atoms with Gasteiger partial charge in [0.25, 0.3) is 0 Å². The van der Waals surface area contributed by atoms with Crippen LogP contribution in [-0.4, -0.2) is 52.4 Å². The summed E-state index contributed by atoms with van der Waals surface area (Å²) in [5, 5.41) is 9.42. The minimum atomic E-state index is -0.364. The van der Waals surface area contributed by atoms with E-state index in [0.717, 1.165) is 13.1 Å². The molecule has 1 heterocycles. The van der Waals surface area contributed by atoms with Crippen LogP contribution in [0.15, 0.2) is 0 Å². The highest BCUT2D eigenvalue weighted by Gasteiger charge is 2.35. The van der Waals surface area contributed by atoms with Crippen LogP contribution in [-0.2, 0) is 4.79 Å². The van der Waals surface area contributed by atoms with E-state index in [1.54, 1.807) is 4.90 Å². The Hall–Kier alpha value is -0.180. The molecule has 1 N–H and O–H groups in total. The molecule has 1 rings (SSSR count). The molecule has 4 nitrogen and oxygen atoms in total. The maximum absolute atomic E-state index is 11.9. The lowest BCUT2D eigenvalue weighted by Crippen LogP contribution is -2.42. The zero-order valence-electron chi connectivity index (χ0n) is 8.81. The highest BCUT2D eigenvalue weighted by molar-refractivity contribution is 7.13. The third kappa shape index (κ3) is 2.44. The van der Waals surface area contributed by atoms with Gasteiger partial charge in [0.1, 0.15) is 0 Å². The number of hydrogen-bond donors (Lipinski definition) is 1. The van der Waals surface area contributed by atoms with Gasteiger partial charge in [-0.25, -0.2) is 0 Å². The summed E-state index contributed by atoms with van der Waals surface area (Å²) in [6.45, 7) is 5.99. The van der Waals surface area contributed by atoms with Crippen molar-refractivity contribution in [2.75, 3.05) is 19.6 Å². The van der Waals surface area contributed by atoms with E-state index in [2.05, 4.69) is 9.39 Å². The van der Waals surface area contributed by atoms with Crippen molar-refractivity contribution in [1.29, 1.82) is 0 Å². The van der Waals surface area contributed by atoms with Gasteiger partial charge in [0.2, 0.25) is 5.91 Å². The highest BCUT2D eigenvalue weighted by Crippen LogP contribution is 2.23. The summed E-state index contributed by atoms with van der Waals surface area (Å²) < 4.78 is 1.85. The topological polar surface area (TPSA) is 43.8 Å². The fourth-order valence-corrected chi connectivity index (χ4v) is 2.32. The zero-order valence-corrected chi connectivity index (χ0v) is 9.97. The molecule has 5 heteroatoms. The second-order valence-electron chi connectivity index (χ2n) is 3.61. The van der Waals surface area contributed by atoms with Crippen molar-refractivity contribution in [3.8, 4) is 0 Å². The van der Waals surface area contributed by atoms with Gasteiger partial charge in [0, 0.05) is 19.6 Å². The predicted octanol–water partition coefficient (Wildman–Crippen LogP) is 0.0801. The zero-order chi connectivity index (χ0) is 10.7. The van der Waals surface area contributed by atoms with E-state index in [0.29, 0.717) is 13.0 Å². The van der Waals surface area contributed by atoms with Crippen molar-refractivity contribution >= 4 is 15.3 Å². The van der Waals surface area contributed by atoms with Crippen molar-refractivity contribution < 1.29 is 9.90 Å². The number of carbonyl (C=O) groups is 1. The second-order valence-corrected chi connectivity index (χ2v) is 4.28. The van der Waals surface area contributed by atoms with E-state index in [1.165, 1.54) is 0 Å². The molecule has 0 aromatic heterocycles. The third-order valence-electron chi connectivity index (χ3n) is 2.68. The van der Waals surface area contributed by atoms with Crippen LogP contribution in [0.1, 0.15) is 20.3 Å². The van der Waals surface area contributed by atoms with E-state index in [1.807, 2.05) is 18.5 Å². The molecule has 14 heavy (non-hydrogen) atoms. The van der Waals surface area contributed by atoms with Gasteiger partial charge in [-0.1, -0.05) is 9.39 Å². The number of nitrogens with zero attached hydrogens (tertiary/aromatic N) is 2. The quantitative estimate of drug-likeness (QED) is 0.682. The van der Waals surface area contributed by atoms with Gasteiger partial charge in [-0.15, -0.1) is 0 Å². The van der Waals surface area contributed by atoms with Crippen molar-refractivity contribution in [2.45, 2.75) is 32.4 Å². The average molecular weight is 218 g/mol. The van der Waals surface area contributed by atoms with Gasteiger partial charge in [0.05, 0.1) is 12.1 Å². The summed E-state index contributed by atoms with van der Waals surface area (Å²) in [5.41, 5.74) is 0. The molecule has 1 fully saturated rings. The molecule has 0 aromatic rings. The molecule has 0 aromatic carbocycles. The van der Waals surface area contributed by atoms with E-state index in [4.69, 9.17) is 0 Å². The Balaban J connectivity index is 2.60. The van der Waals surface area contributed by atoms with Crippen LogP contribution in [0.4, 0.5) is 0 Å². The van der Waals surface area contributed by atoms with E-state index in [-0.39, 0.29) is 18.1 Å². The Bertz CT molecular complexity index is 209. The molecule has 0 aliphatic carbocycles. The molecule has 0 spiro atoms. The van der Waals surface area contributed by atoms with Gasteiger partial charge >= 0.3 is 0 Å². The number of carbonyl (C=O) groups excluding carboxylic acids is 1. The van der Waals surface area contributed by atoms with Gasteiger partial charge in [-0.05, 0) is 20.3 Å². The first-order chi connectivity index (χ1) is 6.60. The molecule has 3 atom stereocenters. The Morgan fingerprint density at radius 2 is 2.14 bits per heavy atom. The van der Waals surface area contributed by atoms with Gasteiger partial charge in [-0.3, -0.25) is 9.46 Å². The molecule has 1 saturated heterocycles. The Labute approximate surface area is 87.5 Å². The minimum Gasteiger partial charge on any atom is -0.392 e. The molecule has 0 bridgehead atoms. The lowest BCUT2D eigenvalue weighted by molar-refractivity contribution is -0.134. The summed E-state index contributed by atoms with van der Waals surface area (Å²) in [4.78, 5) is 13.7. The summed E-state index contributed by atoms with van der Waals surface area (Å²) in [6, 6.07) is -0.158. The van der Waals surface area contributed by atoms with Crippen LogP contribution in [0, 0.1) is 0 Å². The summed E-state index contributed by atoms with van der Waals surface area (Å²) in [5.74, 6) is 0.126. The van der Waals surface area contributed by atoms with Crippen LogP contribution in [0.25, 0.3) is 0 Å². The fraction of sp³-hybridized carbons (Fsp3) is 0.889. The van der Waals surface area contributed by atoms with Crippen LogP contribution in [0.5, 0.6) is 0 Å². The molecular formula is C9H19N2O2P. The molecular weight excluding hydrogens is 199 g/mol. The first-order valence-electron chi connectivity index (χ1n) is 5.08. The number of β-amino-alcohol motifs (C(OH)–C–C–N with tert-alkyl or cyclic N) is 1. The van der Waals surface area contributed by atoms with Crippen molar-refractivity contribution in [2.24, 2.45) is 0 Å². The van der Waals surface area contributed by atoms with Gasteiger partial charge in [0.15, 0.2) is 0 Å². The normalized spacial score (nSPS) is 28.0. The first kappa shape index (κ1) is 11.9. The molecule has 1 amide bonds. The van der Waals surface area contributed by atoms with Crippen molar-refractivity contribution in [3.05, 3.63) is 0 Å². The molecule has 82 valence electrons. The second kappa shape index (κ2) is 5.06. The van der Waals surface area contributed by atoms with Crippen LogP contribution < -0.4 is 0 Å². The SMILES string of the molecule is CCN(CC)C(=O)[C@@H]1CC(O)CN1P. The summed E-state index contributed by atoms with van der Waals surface area (Å²) in [7, 11) is 2.52. The highest BCUT2D eigenvalue weighted by atomic mass is 31.0. The fourth-order valence-electron chi connectivity index (χ4n) is 1.83. The monoisotopic (exact) mass is 218 g/mol. The maximum Gasteiger partial charge on any atom is 0.240 e. The van der Waals surface area contributed by atoms with E-state index in [9.17, 15) is 9.90 Å². The van der Waals surface area contributed by atoms with Gasteiger partial charge in [-0.2, -0.15) is 0 Å². The molecule has 0 saturated carbocycles. The number of rotatable bonds is 3. The lowest BCUT2D eigenvalue weighted by atomic mass is 10.2. The average Bonchev–Trinajstić information content (AvgIpc) is 2.47. The van der Waals surface area contributed by atoms with E-state index < -0.39 is 0 Å². The number of aliphatic hydroxyl groups is 1. The lowest BCUT2D eigenvalue weighted by Gasteiger charge is -2.25. The van der Waals surface area contributed by atoms with Crippen LogP contribution >= 0.6 is 9.39 Å². The number of likely N-dealkylation sites (N-methyl/N-ethyl adjacent to an activating group) is 1. The molecule has 1 aliphatic rings. The maximum atomic E-state index is 11.9. The largest absolute Gasteiger partial charge is 0.392 e. The summed E-state index contributed by atoms with van der Waals surface area (Å²) >= 11 is 0. The smallest absolute Gasteiger partial charge is 0.240 e. The van der Waals surface area contributed by atoms with Crippen molar-refractivity contribution in [1.82, 2.24) is 9.57 Å². The molecule has 0 radical (unpaired) electrons. The Kier molecular flexibility index (Phi) is 4.30. The number of aliphatic hydroxyl groups excluding tert-OH is 1. The predicted molar refractivity (Wildman–Crippen MR) is 58.8 cm³/mol. The number of amides is 1. The molecule has 1 aliphatic heterocycles. The Morgan fingerprint density at radius 1 is 1.57 bits per heavy atom. The standard InChI is InChI=1S/C9H19N2O2P/c1-3-10(4-2)9(13)8-5-7(12)6-11(8)14/h7-8,12H,3-6,14H2,1-2H3/t7?,8-/m0/s1. The Morgan fingerprint density at radius 3 is 2.50 bits per heavy atom. The van der Waals surface area contributed by atoms with Crippen molar-refractivity contribution in [3.63, 3.8) is 0 Å². The first-order valence-corrected chi connectivity index (χ1v) is 5.60. The van der Waals surface area contributed by atoms with Crippen LogP contribution in [0.2, 0.25) is 0 Å².